The second kappa shape index (κ2) is 7.12. The van der Waals surface area contributed by atoms with Crippen molar-refractivity contribution in [1.29, 1.82) is 0 Å². The summed E-state index contributed by atoms with van der Waals surface area (Å²) < 4.78 is 0. The fraction of sp³-hybridized carbons (Fsp3) is 0.600. The number of hydrogen-bond donors (Lipinski definition) is 2. The molecule has 0 aliphatic rings. The number of carbonyl (C=O) groups is 2. The minimum atomic E-state index is -0.758. The van der Waals surface area contributed by atoms with E-state index >= 15 is 0 Å². The summed E-state index contributed by atoms with van der Waals surface area (Å²) in [6.07, 6.45) is 4.16. The first kappa shape index (κ1) is 12.7. The Balaban J connectivity index is 3.26. The van der Waals surface area contributed by atoms with Crippen molar-refractivity contribution in [3.8, 4) is 0 Å². The Hall–Kier alpha value is -1.32. The third kappa shape index (κ3) is 7.34. The number of rotatable bonds is 8. The average Bonchev–Trinajstić information content (AvgIpc) is 2.09. The molecule has 0 rings (SSSR count). The molecule has 0 aliphatic heterocycles. The molecule has 0 fully saturated rings. The van der Waals surface area contributed by atoms with Crippen LogP contribution in [0.5, 0.6) is 0 Å². The van der Waals surface area contributed by atoms with Crippen LogP contribution in [0.1, 0.15) is 38.5 Å². The maximum Gasteiger partial charge on any atom is 0.303 e. The van der Waals surface area contributed by atoms with Gasteiger partial charge in [0.2, 0.25) is 5.91 Å². The Kier molecular flexibility index (Phi) is 6.45. The molecule has 0 heterocycles. The minimum absolute atomic E-state index is 0.219. The molecule has 80 valence electrons. The zero-order valence-corrected chi connectivity index (χ0v) is 8.29. The van der Waals surface area contributed by atoms with E-state index in [4.69, 9.17) is 10.8 Å². The highest BCUT2D eigenvalue weighted by atomic mass is 16.4. The summed E-state index contributed by atoms with van der Waals surface area (Å²) in [6, 6.07) is 0. The van der Waals surface area contributed by atoms with Gasteiger partial charge in [0.1, 0.15) is 0 Å². The Morgan fingerprint density at radius 1 is 1.07 bits per heavy atom. The molecule has 0 aromatic heterocycles. The minimum Gasteiger partial charge on any atom is -0.481 e. The number of primary amides is 1. The quantitative estimate of drug-likeness (QED) is 0.458. The first-order valence-electron chi connectivity index (χ1n) is 4.73. The predicted octanol–water partition coefficient (Wildman–Crippen LogP) is 1.45. The molecule has 0 aliphatic carbocycles. The van der Waals surface area contributed by atoms with E-state index in [0.29, 0.717) is 18.4 Å². The van der Waals surface area contributed by atoms with Gasteiger partial charge in [-0.25, -0.2) is 0 Å². The highest BCUT2D eigenvalue weighted by Gasteiger charge is 2.01. The predicted molar refractivity (Wildman–Crippen MR) is 53.7 cm³/mol. The molecule has 1 amide bonds. The molecule has 0 aromatic carbocycles. The van der Waals surface area contributed by atoms with Crippen LogP contribution in [0, 0.1) is 0 Å². The zero-order valence-electron chi connectivity index (χ0n) is 8.29. The van der Waals surface area contributed by atoms with E-state index in [1.54, 1.807) is 0 Å². The second-order valence-corrected chi connectivity index (χ2v) is 3.28. The highest BCUT2D eigenvalue weighted by Crippen LogP contribution is 2.09. The van der Waals surface area contributed by atoms with Crippen molar-refractivity contribution in [1.82, 2.24) is 0 Å². The highest BCUT2D eigenvalue weighted by molar-refractivity contribution is 5.91. The van der Waals surface area contributed by atoms with E-state index in [-0.39, 0.29) is 6.42 Å². The Morgan fingerprint density at radius 3 is 2.00 bits per heavy atom. The summed E-state index contributed by atoms with van der Waals surface area (Å²) in [5.41, 5.74) is 5.45. The van der Waals surface area contributed by atoms with Crippen LogP contribution < -0.4 is 5.73 Å². The summed E-state index contributed by atoms with van der Waals surface area (Å²) in [7, 11) is 0. The van der Waals surface area contributed by atoms with Crippen molar-refractivity contribution in [2.45, 2.75) is 38.5 Å². The van der Waals surface area contributed by atoms with E-state index in [1.807, 2.05) is 0 Å². The van der Waals surface area contributed by atoms with E-state index in [0.717, 1.165) is 19.3 Å². The fourth-order valence-corrected chi connectivity index (χ4v) is 1.09. The van der Waals surface area contributed by atoms with Gasteiger partial charge in [-0.1, -0.05) is 19.4 Å². The topological polar surface area (TPSA) is 80.4 Å². The number of aliphatic carboxylic acids is 1. The number of unbranched alkanes of at least 4 members (excludes halogenated alkanes) is 3. The number of carboxylic acids is 1. The van der Waals surface area contributed by atoms with Crippen LogP contribution in [0.2, 0.25) is 0 Å². The van der Waals surface area contributed by atoms with Gasteiger partial charge < -0.3 is 10.8 Å². The smallest absolute Gasteiger partial charge is 0.303 e. The van der Waals surface area contributed by atoms with Crippen LogP contribution in [0.4, 0.5) is 0 Å². The Morgan fingerprint density at radius 2 is 1.57 bits per heavy atom. The van der Waals surface area contributed by atoms with E-state index in [2.05, 4.69) is 6.58 Å². The number of carboxylic acid groups (broad SMARTS) is 1. The number of carbonyl (C=O) groups excluding carboxylic acids is 1. The Labute approximate surface area is 83.8 Å². The van der Waals surface area contributed by atoms with Crippen molar-refractivity contribution in [2.75, 3.05) is 0 Å². The molecule has 0 aromatic rings. The van der Waals surface area contributed by atoms with Gasteiger partial charge in [0.25, 0.3) is 0 Å². The average molecular weight is 199 g/mol. The molecule has 0 unspecified atom stereocenters. The van der Waals surface area contributed by atoms with Crippen LogP contribution in [0.25, 0.3) is 0 Å². The second-order valence-electron chi connectivity index (χ2n) is 3.28. The standard InChI is InChI=1S/C10H17NO3/c1-8(10(11)14)6-4-2-3-5-7-9(12)13/h1-7H2,(H2,11,14)(H,12,13). The van der Waals surface area contributed by atoms with Crippen molar-refractivity contribution < 1.29 is 14.7 Å². The van der Waals surface area contributed by atoms with Gasteiger partial charge >= 0.3 is 5.97 Å². The van der Waals surface area contributed by atoms with Crippen molar-refractivity contribution in [3.05, 3.63) is 12.2 Å². The van der Waals surface area contributed by atoms with E-state index in [9.17, 15) is 9.59 Å². The van der Waals surface area contributed by atoms with E-state index in [1.165, 1.54) is 0 Å². The van der Waals surface area contributed by atoms with Crippen molar-refractivity contribution in [3.63, 3.8) is 0 Å². The summed E-state index contributed by atoms with van der Waals surface area (Å²) in [6.45, 7) is 3.53. The molecule has 0 saturated carbocycles. The van der Waals surface area contributed by atoms with Gasteiger partial charge in [0, 0.05) is 12.0 Å². The van der Waals surface area contributed by atoms with Crippen LogP contribution in [0.15, 0.2) is 12.2 Å². The van der Waals surface area contributed by atoms with Crippen LogP contribution in [-0.4, -0.2) is 17.0 Å². The lowest BCUT2D eigenvalue weighted by Gasteiger charge is -2.00. The van der Waals surface area contributed by atoms with Crippen LogP contribution >= 0.6 is 0 Å². The molecule has 3 N–H and O–H groups in total. The fourth-order valence-electron chi connectivity index (χ4n) is 1.09. The summed E-state index contributed by atoms with van der Waals surface area (Å²) in [5.74, 6) is -1.21. The SMILES string of the molecule is C=C(CCCCCCC(=O)O)C(N)=O. The third-order valence-electron chi connectivity index (χ3n) is 1.97. The van der Waals surface area contributed by atoms with Crippen LogP contribution in [-0.2, 0) is 9.59 Å². The van der Waals surface area contributed by atoms with E-state index < -0.39 is 11.9 Å². The molecule has 0 saturated heterocycles. The third-order valence-corrected chi connectivity index (χ3v) is 1.97. The molecule has 14 heavy (non-hydrogen) atoms. The van der Waals surface area contributed by atoms with Gasteiger partial charge in [0.05, 0.1) is 0 Å². The van der Waals surface area contributed by atoms with Gasteiger partial charge in [-0.05, 0) is 19.3 Å². The first-order valence-corrected chi connectivity index (χ1v) is 4.73. The maximum absolute atomic E-state index is 10.6. The number of amides is 1. The Bertz CT molecular complexity index is 223. The van der Waals surface area contributed by atoms with Gasteiger partial charge in [-0.15, -0.1) is 0 Å². The molecular formula is C10H17NO3. The molecular weight excluding hydrogens is 182 g/mol. The molecule has 0 bridgehead atoms. The van der Waals surface area contributed by atoms with Gasteiger partial charge in [-0.2, -0.15) is 0 Å². The first-order chi connectivity index (χ1) is 6.54. The monoisotopic (exact) mass is 199 g/mol. The number of hydrogen-bond acceptors (Lipinski definition) is 2. The lowest BCUT2D eigenvalue weighted by Crippen LogP contribution is -2.12. The normalized spacial score (nSPS) is 9.71. The molecule has 4 nitrogen and oxygen atoms in total. The lowest BCUT2D eigenvalue weighted by atomic mass is 10.1. The largest absolute Gasteiger partial charge is 0.481 e. The van der Waals surface area contributed by atoms with Crippen LogP contribution in [0.3, 0.4) is 0 Å². The maximum atomic E-state index is 10.6. The molecule has 4 heteroatoms. The molecule has 0 radical (unpaired) electrons. The van der Waals surface area contributed by atoms with Crippen molar-refractivity contribution in [2.24, 2.45) is 5.73 Å². The molecule has 0 atom stereocenters. The number of nitrogens with two attached hydrogens (primary N) is 1. The van der Waals surface area contributed by atoms with Crippen molar-refractivity contribution >= 4 is 11.9 Å². The summed E-state index contributed by atoms with van der Waals surface area (Å²) >= 11 is 0. The zero-order chi connectivity index (χ0) is 11.0. The van der Waals surface area contributed by atoms with Gasteiger partial charge in [-0.3, -0.25) is 9.59 Å². The lowest BCUT2D eigenvalue weighted by molar-refractivity contribution is -0.137. The molecule has 0 spiro atoms. The summed E-state index contributed by atoms with van der Waals surface area (Å²) in [5, 5.41) is 8.36. The van der Waals surface area contributed by atoms with Gasteiger partial charge in [0.15, 0.2) is 0 Å². The summed E-state index contributed by atoms with van der Waals surface area (Å²) in [4.78, 5) is 20.7.